The molecule has 8 heterocycles. The molecule has 1 aliphatic rings. The van der Waals surface area contributed by atoms with Crippen LogP contribution in [-0.2, 0) is 14.4 Å². The van der Waals surface area contributed by atoms with Crippen LogP contribution in [0.4, 0.5) is 0 Å². The average Bonchev–Trinajstić information content (AvgIpc) is 4.26. The van der Waals surface area contributed by atoms with Crippen molar-refractivity contribution in [2.24, 2.45) is 0 Å². The number of nitrogens with zero attached hydrogens (tertiary/aromatic N) is 7. The summed E-state index contributed by atoms with van der Waals surface area (Å²) in [6, 6.07) is -0.270. The average molecular weight is 1160 g/mol. The van der Waals surface area contributed by atoms with Gasteiger partial charge in [-0.2, -0.15) is 0 Å². The van der Waals surface area contributed by atoms with Crippen LogP contribution in [0.2, 0.25) is 0 Å². The Hall–Kier alpha value is -7.22. The lowest BCUT2D eigenvalue weighted by molar-refractivity contribution is -0.124. The van der Waals surface area contributed by atoms with Crippen LogP contribution in [-0.4, -0.2) is 122 Å². The highest BCUT2D eigenvalue weighted by Crippen LogP contribution is 2.38. The van der Waals surface area contributed by atoms with E-state index in [0.29, 0.717) is 37.7 Å². The van der Waals surface area contributed by atoms with E-state index in [4.69, 9.17) is 15.0 Å². The molecule has 7 aromatic heterocycles. The van der Waals surface area contributed by atoms with Crippen LogP contribution < -0.4 is 31.9 Å². The zero-order valence-corrected chi connectivity index (χ0v) is 46.5. The molecule has 0 spiro atoms. The van der Waals surface area contributed by atoms with E-state index in [1.807, 2.05) is 0 Å². The Morgan fingerprint density at radius 1 is 0.662 bits per heavy atom. The fraction of sp³-hybridized carbons (Fsp3) is 0.292. The van der Waals surface area contributed by atoms with Crippen LogP contribution >= 0.6 is 68.0 Å². The molecule has 77 heavy (non-hydrogen) atoms. The normalized spacial score (nSPS) is 18.1. The number of allylic oxidation sites excluding steroid dienone is 2. The standard InChI is InChI=1S/C48H47N13O10S6/c1-8-23(36(65)49-12-19(3)62)51-37(66)27-15-74-45(56-27)31-18-75-44(58-31)25-11-10-22-34(50-25)26-13-76-46(53-26)33(21(5)64)60-39(68)29-17-77-47(57-29)35(48(6,7)71)61-40(69)30-16-73-43(55-30)24(9-2)52-41(70)32(20(4)63)59-38(67)28-14-72-42(22)54-28/h8-11,13-18,20-21,32-33,35,63-64,71H,12H2,1-7H3,(H,49,65)(H,51,66)(H,52,70)(H,59,67)(H,60,68)(H,61,69)/b23-8-,24-9-/t20-,21-,32+,33+,35-/m1/s1. The van der Waals surface area contributed by atoms with Gasteiger partial charge in [-0.05, 0) is 60.6 Å². The van der Waals surface area contributed by atoms with Crippen molar-refractivity contribution in [3.63, 3.8) is 0 Å². The fourth-order valence-electron chi connectivity index (χ4n) is 7.17. The number of nitrogens with one attached hydrogen (secondary N) is 6. The van der Waals surface area contributed by atoms with E-state index in [1.54, 1.807) is 36.7 Å². The summed E-state index contributed by atoms with van der Waals surface area (Å²) in [5.74, 6) is -4.50. The molecule has 8 bridgehead atoms. The molecule has 6 amide bonds. The first-order valence-corrected chi connectivity index (χ1v) is 28.4. The lowest BCUT2D eigenvalue weighted by Gasteiger charge is -2.28. The largest absolute Gasteiger partial charge is 0.391 e. The summed E-state index contributed by atoms with van der Waals surface area (Å²) in [4.78, 5) is 125. The predicted octanol–water partition coefficient (Wildman–Crippen LogP) is 4.89. The Balaban J connectivity index is 1.15. The van der Waals surface area contributed by atoms with Crippen molar-refractivity contribution in [2.75, 3.05) is 6.54 Å². The molecule has 400 valence electrons. The minimum Gasteiger partial charge on any atom is -0.391 e. The first kappa shape index (κ1) is 56.0. The van der Waals surface area contributed by atoms with Crippen molar-refractivity contribution >= 4 is 115 Å². The third-order valence-corrected chi connectivity index (χ3v) is 16.5. The maximum Gasteiger partial charge on any atom is 0.275 e. The Bertz CT molecular complexity index is 3490. The Labute approximate surface area is 462 Å². The number of carbonyl (C=O) groups excluding carboxylic acids is 7. The van der Waals surface area contributed by atoms with Crippen LogP contribution in [0.1, 0.15) is 118 Å². The molecule has 0 unspecified atom stereocenters. The van der Waals surface area contributed by atoms with Crippen molar-refractivity contribution in [1.29, 1.82) is 0 Å². The molecule has 0 aromatic carbocycles. The number of aliphatic hydroxyl groups is 3. The van der Waals surface area contributed by atoms with Crippen molar-refractivity contribution in [1.82, 2.24) is 66.8 Å². The van der Waals surface area contributed by atoms with Gasteiger partial charge in [0, 0.05) is 37.8 Å². The fourth-order valence-corrected chi connectivity index (χ4v) is 12.4. The number of hydrogen-bond acceptors (Lipinski definition) is 23. The number of fused-ring (bicyclic) bond motifs is 11. The molecule has 1 aliphatic heterocycles. The molecular formula is C48H47N13O10S6. The number of aliphatic hydroxyl groups excluding tert-OH is 2. The molecule has 23 nitrogen and oxygen atoms in total. The highest BCUT2D eigenvalue weighted by atomic mass is 32.1. The highest BCUT2D eigenvalue weighted by Gasteiger charge is 2.35. The van der Waals surface area contributed by atoms with Crippen molar-refractivity contribution in [2.45, 2.75) is 84.4 Å². The van der Waals surface area contributed by atoms with Gasteiger partial charge in [0.2, 0.25) is 5.91 Å². The minimum atomic E-state index is -1.60. The van der Waals surface area contributed by atoms with Gasteiger partial charge in [-0.15, -0.1) is 68.0 Å². The molecule has 0 saturated carbocycles. The van der Waals surface area contributed by atoms with E-state index >= 15 is 0 Å². The second-order valence-electron chi connectivity index (χ2n) is 17.6. The number of aromatic nitrogens is 7. The molecule has 8 rings (SSSR count). The van der Waals surface area contributed by atoms with Crippen LogP contribution in [0, 0.1) is 0 Å². The summed E-state index contributed by atoms with van der Waals surface area (Å²) in [6.45, 7) is 10.0. The topological polar surface area (TPSA) is 343 Å². The van der Waals surface area contributed by atoms with Gasteiger partial charge in [0.15, 0.2) is 0 Å². The summed E-state index contributed by atoms with van der Waals surface area (Å²) in [5.41, 5.74) is 0.133. The number of thiazole rings is 6. The van der Waals surface area contributed by atoms with Crippen LogP contribution in [0.3, 0.4) is 0 Å². The predicted molar refractivity (Wildman–Crippen MR) is 291 cm³/mol. The summed E-state index contributed by atoms with van der Waals surface area (Å²) < 4.78 is 0. The van der Waals surface area contributed by atoms with E-state index in [0.717, 1.165) is 56.7 Å². The monoisotopic (exact) mass is 1160 g/mol. The van der Waals surface area contributed by atoms with E-state index in [1.165, 1.54) is 79.6 Å². The van der Waals surface area contributed by atoms with Crippen molar-refractivity contribution in [3.05, 3.63) is 100 Å². The van der Waals surface area contributed by atoms with Gasteiger partial charge in [0.25, 0.3) is 29.5 Å². The molecule has 0 fully saturated rings. The summed E-state index contributed by atoms with van der Waals surface area (Å²) in [6.07, 6.45) is 0.364. The number of Topliss-reactive ketones (excluding diaryl/α,β-unsaturated/α-hetero) is 1. The molecule has 9 N–H and O–H groups in total. The van der Waals surface area contributed by atoms with Gasteiger partial charge in [-0.1, -0.05) is 12.2 Å². The van der Waals surface area contributed by atoms with Gasteiger partial charge in [0.1, 0.15) is 99.5 Å². The first-order valence-electron chi connectivity index (χ1n) is 23.1. The Morgan fingerprint density at radius 2 is 1.21 bits per heavy atom. The molecular weight excluding hydrogens is 1110 g/mol. The second kappa shape index (κ2) is 23.6. The Kier molecular flexibility index (Phi) is 17.1. The summed E-state index contributed by atoms with van der Waals surface area (Å²) >= 11 is 6.64. The van der Waals surface area contributed by atoms with Crippen molar-refractivity contribution < 1.29 is 48.9 Å². The second-order valence-corrected chi connectivity index (χ2v) is 22.8. The maximum absolute atomic E-state index is 13.9. The third kappa shape index (κ3) is 12.8. The number of carbonyl (C=O) groups is 7. The molecule has 0 radical (unpaired) electrons. The Morgan fingerprint density at radius 3 is 1.87 bits per heavy atom. The smallest absolute Gasteiger partial charge is 0.275 e. The minimum absolute atomic E-state index is 0.0221. The van der Waals surface area contributed by atoms with E-state index in [-0.39, 0.29) is 67.2 Å². The van der Waals surface area contributed by atoms with E-state index < -0.39 is 71.4 Å². The quantitative estimate of drug-likeness (QED) is 0.0823. The van der Waals surface area contributed by atoms with Crippen molar-refractivity contribution in [3.8, 4) is 43.4 Å². The molecule has 29 heteroatoms. The lowest BCUT2D eigenvalue weighted by atomic mass is 9.99. The van der Waals surface area contributed by atoms with Crippen LogP contribution in [0.15, 0.2) is 62.3 Å². The molecule has 7 aromatic rings. The summed E-state index contributed by atoms with van der Waals surface area (Å²) in [5, 5.41) is 60.1. The van der Waals surface area contributed by atoms with Crippen LogP contribution in [0.25, 0.3) is 49.1 Å². The zero-order chi connectivity index (χ0) is 55.5. The van der Waals surface area contributed by atoms with Gasteiger partial charge in [0.05, 0.1) is 35.7 Å². The number of ketones is 1. The number of amides is 6. The van der Waals surface area contributed by atoms with E-state index in [9.17, 15) is 48.9 Å². The summed E-state index contributed by atoms with van der Waals surface area (Å²) in [7, 11) is 0. The number of rotatable bonds is 10. The zero-order valence-electron chi connectivity index (χ0n) is 41.6. The van der Waals surface area contributed by atoms with Gasteiger partial charge < -0.3 is 47.2 Å². The number of pyridine rings is 1. The van der Waals surface area contributed by atoms with Gasteiger partial charge in [-0.3, -0.25) is 33.6 Å². The van der Waals surface area contributed by atoms with E-state index in [2.05, 4.69) is 51.8 Å². The molecule has 5 atom stereocenters. The third-order valence-electron chi connectivity index (χ3n) is 11.2. The first-order chi connectivity index (χ1) is 36.6. The number of hydrogen-bond donors (Lipinski definition) is 9. The van der Waals surface area contributed by atoms with Crippen LogP contribution in [0.5, 0.6) is 0 Å². The molecule has 0 saturated heterocycles. The SMILES string of the molecule is C/C=C(\NC(=O)c1csc(-c2csc(-c3ccc4c(n3)-c3csc(n3)[C@H]([C@@H](C)O)NC(=O)c3csc(n3)[C@H](C(C)(C)O)NC(=O)c3csc(n3)/C(=C/C)NC(=O)[C@H]([C@@H](C)O)NC(=O)c3csc-4n3)n2)n1)C(=O)NCC(C)=O. The van der Waals surface area contributed by atoms with Gasteiger partial charge >= 0.3 is 0 Å². The highest BCUT2D eigenvalue weighted by molar-refractivity contribution is 7.15. The molecule has 0 aliphatic carbocycles. The lowest BCUT2D eigenvalue weighted by Crippen LogP contribution is -2.52. The van der Waals surface area contributed by atoms with Gasteiger partial charge in [-0.25, -0.2) is 34.9 Å². The maximum atomic E-state index is 13.9.